The largest absolute Gasteiger partial charge is 0.395 e. The zero-order chi connectivity index (χ0) is 20.8. The molecule has 0 aliphatic rings. The van der Waals surface area contributed by atoms with Gasteiger partial charge < -0.3 is 15.3 Å². The first kappa shape index (κ1) is 21.4. The molecule has 2 aromatic rings. The van der Waals surface area contributed by atoms with Crippen LogP contribution in [0.5, 0.6) is 0 Å². The smallest absolute Gasteiger partial charge is 0.274 e. The van der Waals surface area contributed by atoms with E-state index in [0.29, 0.717) is 29.3 Å². The van der Waals surface area contributed by atoms with E-state index in [1.54, 1.807) is 24.9 Å². The summed E-state index contributed by atoms with van der Waals surface area (Å²) in [5.41, 5.74) is 1.41. The fraction of sp³-hybridized carbons (Fsp3) is 0.400. The maximum Gasteiger partial charge on any atom is 0.274 e. The maximum atomic E-state index is 14.3. The van der Waals surface area contributed by atoms with Gasteiger partial charge >= 0.3 is 0 Å². The van der Waals surface area contributed by atoms with Gasteiger partial charge in [0.2, 0.25) is 0 Å². The molecule has 0 atom stereocenters. The Morgan fingerprint density at radius 2 is 1.96 bits per heavy atom. The lowest BCUT2D eigenvalue weighted by Crippen LogP contribution is -2.31. The Kier molecular flexibility index (Phi) is 7.17. The summed E-state index contributed by atoms with van der Waals surface area (Å²) in [5, 5.41) is 19.3. The van der Waals surface area contributed by atoms with Gasteiger partial charge in [0, 0.05) is 31.3 Å². The van der Waals surface area contributed by atoms with Crippen LogP contribution < -0.4 is 5.32 Å². The highest BCUT2D eigenvalue weighted by molar-refractivity contribution is 5.96. The number of rotatable bonds is 7. The minimum absolute atomic E-state index is 0.0736. The molecule has 0 radical (unpaired) electrons. The van der Waals surface area contributed by atoms with Gasteiger partial charge in [-0.3, -0.25) is 9.59 Å². The third-order valence-corrected chi connectivity index (χ3v) is 4.15. The molecule has 1 aromatic carbocycles. The van der Waals surface area contributed by atoms with Crippen molar-refractivity contribution in [3.8, 4) is 11.3 Å². The number of nitrogens with zero attached hydrogens (tertiary/aromatic N) is 3. The van der Waals surface area contributed by atoms with Gasteiger partial charge in [-0.1, -0.05) is 13.8 Å². The Bertz CT molecular complexity index is 853. The lowest BCUT2D eigenvalue weighted by Gasteiger charge is -2.18. The Hall–Kier alpha value is -2.87. The number of carbonyl (C=O) groups is 2. The fourth-order valence-corrected chi connectivity index (χ4v) is 2.76. The van der Waals surface area contributed by atoms with Crippen LogP contribution in [0, 0.1) is 18.7 Å². The van der Waals surface area contributed by atoms with Crippen molar-refractivity contribution in [2.24, 2.45) is 5.92 Å². The first-order valence-corrected chi connectivity index (χ1v) is 9.03. The molecule has 0 bridgehead atoms. The molecule has 2 rings (SSSR count). The van der Waals surface area contributed by atoms with Crippen LogP contribution in [0.1, 0.15) is 40.3 Å². The third kappa shape index (κ3) is 5.10. The van der Waals surface area contributed by atoms with Gasteiger partial charge in [-0.25, -0.2) is 4.39 Å². The summed E-state index contributed by atoms with van der Waals surface area (Å²) in [6, 6.07) is 5.78. The van der Waals surface area contributed by atoms with E-state index in [4.69, 9.17) is 5.11 Å². The predicted octanol–water partition coefficient (Wildman–Crippen LogP) is 2.04. The third-order valence-electron chi connectivity index (χ3n) is 4.15. The maximum absolute atomic E-state index is 14.3. The van der Waals surface area contributed by atoms with Crippen molar-refractivity contribution < 1.29 is 19.1 Å². The molecular weight excluding hydrogens is 363 g/mol. The van der Waals surface area contributed by atoms with E-state index in [9.17, 15) is 14.0 Å². The monoisotopic (exact) mass is 388 g/mol. The van der Waals surface area contributed by atoms with E-state index in [1.165, 1.54) is 12.1 Å². The summed E-state index contributed by atoms with van der Waals surface area (Å²) in [7, 11) is 1.70. The van der Waals surface area contributed by atoms with Crippen LogP contribution in [0.2, 0.25) is 0 Å². The Morgan fingerprint density at radius 1 is 1.25 bits per heavy atom. The molecule has 0 aliphatic heterocycles. The number of hydrogen-bond donors (Lipinski definition) is 2. The van der Waals surface area contributed by atoms with Crippen molar-refractivity contribution >= 4 is 11.8 Å². The summed E-state index contributed by atoms with van der Waals surface area (Å²) in [4.78, 5) is 26.0. The van der Waals surface area contributed by atoms with Crippen LogP contribution in [0.15, 0.2) is 24.3 Å². The Labute approximate surface area is 163 Å². The number of aliphatic hydroxyl groups is 1. The fourth-order valence-electron chi connectivity index (χ4n) is 2.76. The first-order valence-electron chi connectivity index (χ1n) is 9.03. The molecule has 7 nitrogen and oxygen atoms in total. The molecule has 0 spiro atoms. The van der Waals surface area contributed by atoms with Crippen molar-refractivity contribution in [3.63, 3.8) is 0 Å². The number of aromatic nitrogens is 2. The van der Waals surface area contributed by atoms with E-state index in [-0.39, 0.29) is 30.3 Å². The molecule has 28 heavy (non-hydrogen) atoms. The molecule has 0 fully saturated rings. The first-order chi connectivity index (χ1) is 13.2. The molecule has 2 amide bonds. The second kappa shape index (κ2) is 9.36. The van der Waals surface area contributed by atoms with Gasteiger partial charge in [0.25, 0.3) is 11.8 Å². The zero-order valence-corrected chi connectivity index (χ0v) is 16.5. The molecule has 0 saturated carbocycles. The number of carbonyl (C=O) groups excluding carboxylic acids is 2. The summed E-state index contributed by atoms with van der Waals surface area (Å²) in [6.07, 6.45) is 0. The summed E-state index contributed by atoms with van der Waals surface area (Å²) in [5.74, 6) is -0.964. The topological polar surface area (TPSA) is 95.4 Å². The number of benzene rings is 1. The van der Waals surface area contributed by atoms with Gasteiger partial charge in [-0.05, 0) is 42.7 Å². The van der Waals surface area contributed by atoms with Gasteiger partial charge in [-0.2, -0.15) is 0 Å². The highest BCUT2D eigenvalue weighted by Gasteiger charge is 2.17. The van der Waals surface area contributed by atoms with E-state index in [1.807, 2.05) is 13.8 Å². The highest BCUT2D eigenvalue weighted by atomic mass is 19.1. The Morgan fingerprint density at radius 3 is 2.54 bits per heavy atom. The predicted molar refractivity (Wildman–Crippen MR) is 103 cm³/mol. The highest BCUT2D eigenvalue weighted by Crippen LogP contribution is 2.25. The average molecular weight is 388 g/mol. The Balaban J connectivity index is 2.31. The SMILES string of the molecule is Cc1c(F)cc(C(=O)NCCO)cc1-c1ccc(C(=O)N(C)CC(C)C)nn1. The van der Waals surface area contributed by atoms with E-state index < -0.39 is 11.7 Å². The summed E-state index contributed by atoms with van der Waals surface area (Å²) < 4.78 is 14.3. The van der Waals surface area contributed by atoms with Gasteiger partial charge in [0.15, 0.2) is 5.69 Å². The number of amides is 2. The van der Waals surface area contributed by atoms with Crippen LogP contribution in [-0.4, -0.2) is 58.8 Å². The van der Waals surface area contributed by atoms with Crippen molar-refractivity contribution in [3.05, 3.63) is 46.9 Å². The van der Waals surface area contributed by atoms with Crippen LogP contribution >= 0.6 is 0 Å². The normalized spacial score (nSPS) is 10.8. The molecule has 2 N–H and O–H groups in total. The molecule has 0 saturated heterocycles. The average Bonchev–Trinajstić information content (AvgIpc) is 2.67. The molecule has 150 valence electrons. The quantitative estimate of drug-likeness (QED) is 0.757. The van der Waals surface area contributed by atoms with Crippen molar-refractivity contribution in [2.45, 2.75) is 20.8 Å². The van der Waals surface area contributed by atoms with E-state index >= 15 is 0 Å². The molecule has 1 aromatic heterocycles. The molecule has 0 aliphatic carbocycles. The van der Waals surface area contributed by atoms with E-state index in [2.05, 4.69) is 15.5 Å². The van der Waals surface area contributed by atoms with Crippen molar-refractivity contribution in [1.82, 2.24) is 20.4 Å². The van der Waals surface area contributed by atoms with Gasteiger partial charge in [0.1, 0.15) is 5.82 Å². The van der Waals surface area contributed by atoms with E-state index in [0.717, 1.165) is 6.07 Å². The minimum atomic E-state index is -0.551. The van der Waals surface area contributed by atoms with Gasteiger partial charge in [0.05, 0.1) is 12.3 Å². The molecule has 8 heteroatoms. The second-order valence-corrected chi connectivity index (χ2v) is 6.99. The van der Waals surface area contributed by atoms with Crippen LogP contribution in [0.25, 0.3) is 11.3 Å². The number of hydrogen-bond acceptors (Lipinski definition) is 5. The standard InChI is InChI=1S/C20H25FN4O3/c1-12(2)11-25(4)20(28)18-6-5-17(23-24-18)15-9-14(10-16(21)13(15)3)19(27)22-7-8-26/h5-6,9-10,12,26H,7-8,11H2,1-4H3,(H,22,27). The number of halogens is 1. The molecule has 1 heterocycles. The van der Waals surface area contributed by atoms with Crippen LogP contribution in [0.4, 0.5) is 4.39 Å². The minimum Gasteiger partial charge on any atom is -0.395 e. The number of aliphatic hydroxyl groups excluding tert-OH is 1. The molecular formula is C20H25FN4O3. The second-order valence-electron chi connectivity index (χ2n) is 6.99. The van der Waals surface area contributed by atoms with Crippen LogP contribution in [0.3, 0.4) is 0 Å². The van der Waals surface area contributed by atoms with Gasteiger partial charge in [-0.15, -0.1) is 10.2 Å². The lowest BCUT2D eigenvalue weighted by atomic mass is 10.0. The zero-order valence-electron chi connectivity index (χ0n) is 16.5. The number of nitrogens with one attached hydrogen (secondary N) is 1. The van der Waals surface area contributed by atoms with Crippen LogP contribution in [-0.2, 0) is 0 Å². The van der Waals surface area contributed by atoms with Crippen molar-refractivity contribution in [2.75, 3.05) is 26.7 Å². The van der Waals surface area contributed by atoms with Crippen molar-refractivity contribution in [1.29, 1.82) is 0 Å². The summed E-state index contributed by atoms with van der Waals surface area (Å²) >= 11 is 0. The molecule has 0 unspecified atom stereocenters. The summed E-state index contributed by atoms with van der Waals surface area (Å²) in [6.45, 7) is 6.07. The lowest BCUT2D eigenvalue weighted by molar-refractivity contribution is 0.0772.